The second kappa shape index (κ2) is 13.3. The molecule has 0 aliphatic heterocycles. The van der Waals surface area contributed by atoms with E-state index in [1.54, 1.807) is 33.0 Å². The highest BCUT2D eigenvalue weighted by Crippen LogP contribution is 2.11. The van der Waals surface area contributed by atoms with E-state index in [9.17, 15) is 4.79 Å². The van der Waals surface area contributed by atoms with Crippen LogP contribution in [0.5, 0.6) is 5.75 Å². The van der Waals surface area contributed by atoms with E-state index < -0.39 is 0 Å². The van der Waals surface area contributed by atoms with Crippen LogP contribution in [-0.2, 0) is 16.1 Å². The average molecular weight is 383 g/mol. The van der Waals surface area contributed by atoms with Gasteiger partial charge in [0.25, 0.3) is 0 Å². The van der Waals surface area contributed by atoms with Crippen LogP contribution in [0, 0.1) is 0 Å². The Labute approximate surface area is 160 Å². The molecule has 0 radical (unpaired) electrons. The van der Waals surface area contributed by atoms with Gasteiger partial charge in [-0.3, -0.25) is 4.79 Å². The zero-order chi connectivity index (χ0) is 19.2. The van der Waals surface area contributed by atoms with Gasteiger partial charge in [0, 0.05) is 32.9 Å². The quantitative estimate of drug-likeness (QED) is 0.340. The number of aliphatic imine (C=N–C) groups is 1. The van der Waals surface area contributed by atoms with Gasteiger partial charge < -0.3 is 25.0 Å². The van der Waals surface area contributed by atoms with E-state index >= 15 is 0 Å². The predicted molar refractivity (Wildman–Crippen MR) is 108 cm³/mol. The number of nitrogens with one attached hydrogen (secondary N) is 2. The Kier molecular flexibility index (Phi) is 11.3. The number of hydrogen-bond donors (Lipinski definition) is 2. The third kappa shape index (κ3) is 9.53. The third-order valence-corrected chi connectivity index (χ3v) is 4.05. The molecule has 26 heavy (non-hydrogen) atoms. The SMILES string of the molecule is COc1ccc(COCCNC(=NCC(=O)N(C)C)NCCSC)cc1. The Balaban J connectivity index is 2.34. The van der Waals surface area contributed by atoms with Gasteiger partial charge in [0.1, 0.15) is 12.3 Å². The van der Waals surface area contributed by atoms with Crippen molar-refractivity contribution in [1.29, 1.82) is 0 Å². The lowest BCUT2D eigenvalue weighted by Gasteiger charge is -2.13. The number of guanidine groups is 1. The fourth-order valence-electron chi connectivity index (χ4n) is 1.89. The maximum atomic E-state index is 11.7. The summed E-state index contributed by atoms with van der Waals surface area (Å²) in [5.74, 6) is 2.39. The summed E-state index contributed by atoms with van der Waals surface area (Å²) in [7, 11) is 5.09. The summed E-state index contributed by atoms with van der Waals surface area (Å²) in [6, 6.07) is 7.80. The summed E-state index contributed by atoms with van der Waals surface area (Å²) >= 11 is 1.75. The van der Waals surface area contributed by atoms with E-state index in [4.69, 9.17) is 9.47 Å². The van der Waals surface area contributed by atoms with Crippen molar-refractivity contribution >= 4 is 23.6 Å². The fourth-order valence-corrected chi connectivity index (χ4v) is 2.19. The Hall–Kier alpha value is -1.93. The van der Waals surface area contributed by atoms with E-state index in [1.165, 1.54) is 4.90 Å². The molecule has 0 heterocycles. The van der Waals surface area contributed by atoms with E-state index in [2.05, 4.69) is 21.9 Å². The second-order valence-corrected chi connectivity index (χ2v) is 6.69. The fraction of sp³-hybridized carbons (Fsp3) is 0.556. The highest BCUT2D eigenvalue weighted by Gasteiger charge is 2.04. The van der Waals surface area contributed by atoms with Crippen molar-refractivity contribution in [2.24, 2.45) is 4.99 Å². The number of nitrogens with zero attached hydrogens (tertiary/aromatic N) is 2. The van der Waals surface area contributed by atoms with Gasteiger partial charge in [0.15, 0.2) is 5.96 Å². The van der Waals surface area contributed by atoms with Gasteiger partial charge in [-0.25, -0.2) is 4.99 Å². The molecular weight excluding hydrogens is 352 g/mol. The largest absolute Gasteiger partial charge is 0.497 e. The number of ether oxygens (including phenoxy) is 2. The molecule has 1 aromatic rings. The zero-order valence-electron chi connectivity index (χ0n) is 16.1. The van der Waals surface area contributed by atoms with Gasteiger partial charge in [-0.2, -0.15) is 11.8 Å². The van der Waals surface area contributed by atoms with Crippen LogP contribution in [0.25, 0.3) is 0 Å². The Morgan fingerprint density at radius 3 is 2.50 bits per heavy atom. The molecule has 1 rings (SSSR count). The van der Waals surface area contributed by atoms with E-state index in [-0.39, 0.29) is 12.5 Å². The summed E-state index contributed by atoms with van der Waals surface area (Å²) in [6.07, 6.45) is 2.05. The smallest absolute Gasteiger partial charge is 0.243 e. The molecule has 0 fully saturated rings. The molecule has 8 heteroatoms. The van der Waals surface area contributed by atoms with Crippen LogP contribution in [0.1, 0.15) is 5.56 Å². The first kappa shape index (κ1) is 22.1. The van der Waals surface area contributed by atoms with E-state index in [1.807, 2.05) is 24.3 Å². The van der Waals surface area contributed by atoms with Crippen LogP contribution < -0.4 is 15.4 Å². The minimum Gasteiger partial charge on any atom is -0.497 e. The first-order chi connectivity index (χ1) is 12.6. The molecule has 1 amide bonds. The first-order valence-corrected chi connectivity index (χ1v) is 9.88. The van der Waals surface area contributed by atoms with Crippen LogP contribution >= 0.6 is 11.8 Å². The summed E-state index contributed by atoms with van der Waals surface area (Å²) < 4.78 is 10.8. The van der Waals surface area contributed by atoms with Gasteiger partial charge in [0.05, 0.1) is 20.3 Å². The molecule has 0 spiro atoms. The van der Waals surface area contributed by atoms with Crippen LogP contribution in [0.2, 0.25) is 0 Å². The molecule has 2 N–H and O–H groups in total. The standard InChI is InChI=1S/C18H30N4O3S/c1-22(2)17(23)13-21-18(20-10-12-26-4)19-9-11-25-14-15-5-7-16(24-3)8-6-15/h5-8H,9-14H2,1-4H3,(H2,19,20,21). The van der Waals surface area contributed by atoms with Gasteiger partial charge in [-0.05, 0) is 24.0 Å². The minimum absolute atomic E-state index is 0.0354. The number of methoxy groups -OCH3 is 1. The van der Waals surface area contributed by atoms with Crippen LogP contribution in [0.15, 0.2) is 29.3 Å². The third-order valence-electron chi connectivity index (χ3n) is 3.44. The van der Waals surface area contributed by atoms with Crippen molar-refractivity contribution in [3.8, 4) is 5.75 Å². The normalized spacial score (nSPS) is 11.2. The number of rotatable bonds is 11. The summed E-state index contributed by atoms with van der Waals surface area (Å²) in [6.45, 7) is 2.59. The molecular formula is C18H30N4O3S. The Morgan fingerprint density at radius 1 is 1.19 bits per heavy atom. The topological polar surface area (TPSA) is 75.2 Å². The molecule has 0 unspecified atom stereocenters. The lowest BCUT2D eigenvalue weighted by molar-refractivity contribution is -0.127. The number of carbonyl (C=O) groups excluding carboxylic acids is 1. The number of thioether (sulfide) groups is 1. The number of hydrogen-bond acceptors (Lipinski definition) is 5. The molecule has 0 aromatic heterocycles. The zero-order valence-corrected chi connectivity index (χ0v) is 16.9. The molecule has 0 saturated heterocycles. The molecule has 0 atom stereocenters. The van der Waals surface area contributed by atoms with Crippen molar-refractivity contribution in [3.05, 3.63) is 29.8 Å². The van der Waals surface area contributed by atoms with Crippen molar-refractivity contribution in [3.63, 3.8) is 0 Å². The molecule has 7 nitrogen and oxygen atoms in total. The van der Waals surface area contributed by atoms with Crippen LogP contribution in [-0.4, -0.2) is 76.2 Å². The Bertz CT molecular complexity index is 550. The van der Waals surface area contributed by atoms with E-state index in [0.29, 0.717) is 25.7 Å². The summed E-state index contributed by atoms with van der Waals surface area (Å²) in [5, 5.41) is 6.41. The average Bonchev–Trinajstić information content (AvgIpc) is 2.65. The minimum atomic E-state index is -0.0354. The predicted octanol–water partition coefficient (Wildman–Crippen LogP) is 1.20. The summed E-state index contributed by atoms with van der Waals surface area (Å²) in [5.41, 5.74) is 1.09. The van der Waals surface area contributed by atoms with Crippen molar-refractivity contribution in [2.75, 3.05) is 59.5 Å². The maximum Gasteiger partial charge on any atom is 0.243 e. The lowest BCUT2D eigenvalue weighted by atomic mass is 10.2. The lowest BCUT2D eigenvalue weighted by Crippen LogP contribution is -2.41. The molecule has 0 aliphatic carbocycles. The number of benzene rings is 1. The van der Waals surface area contributed by atoms with Gasteiger partial charge in [-0.1, -0.05) is 12.1 Å². The number of amides is 1. The van der Waals surface area contributed by atoms with Gasteiger partial charge >= 0.3 is 0 Å². The first-order valence-electron chi connectivity index (χ1n) is 8.48. The Morgan fingerprint density at radius 2 is 1.88 bits per heavy atom. The summed E-state index contributed by atoms with van der Waals surface area (Å²) in [4.78, 5) is 17.5. The van der Waals surface area contributed by atoms with Crippen molar-refractivity contribution in [2.45, 2.75) is 6.61 Å². The monoisotopic (exact) mass is 382 g/mol. The highest BCUT2D eigenvalue weighted by atomic mass is 32.2. The highest BCUT2D eigenvalue weighted by molar-refractivity contribution is 7.98. The van der Waals surface area contributed by atoms with Crippen molar-refractivity contribution in [1.82, 2.24) is 15.5 Å². The molecule has 0 bridgehead atoms. The van der Waals surface area contributed by atoms with Gasteiger partial charge in [-0.15, -0.1) is 0 Å². The van der Waals surface area contributed by atoms with E-state index in [0.717, 1.165) is 23.6 Å². The number of carbonyl (C=O) groups is 1. The molecule has 1 aromatic carbocycles. The second-order valence-electron chi connectivity index (χ2n) is 5.70. The maximum absolute atomic E-state index is 11.7. The molecule has 0 aliphatic rings. The van der Waals surface area contributed by atoms with Crippen LogP contribution in [0.3, 0.4) is 0 Å². The van der Waals surface area contributed by atoms with Crippen LogP contribution in [0.4, 0.5) is 0 Å². The van der Waals surface area contributed by atoms with Gasteiger partial charge in [0.2, 0.25) is 5.91 Å². The molecule has 0 saturated carbocycles. The molecule has 146 valence electrons. The van der Waals surface area contributed by atoms with Crippen molar-refractivity contribution < 1.29 is 14.3 Å². The number of likely N-dealkylation sites (N-methyl/N-ethyl adjacent to an activating group) is 1.